The van der Waals surface area contributed by atoms with Crippen molar-refractivity contribution in [2.45, 2.75) is 32.7 Å². The molecule has 2 aromatic rings. The van der Waals surface area contributed by atoms with Crippen molar-refractivity contribution in [2.24, 2.45) is 0 Å². The molecule has 1 aromatic carbocycles. The highest BCUT2D eigenvalue weighted by Gasteiger charge is 2.30. The molecule has 0 saturated carbocycles. The Morgan fingerprint density at radius 2 is 2.04 bits per heavy atom. The fraction of sp³-hybridized carbons (Fsp3) is 0.400. The van der Waals surface area contributed by atoms with Crippen LogP contribution >= 0.6 is 0 Å². The number of pyridine rings is 1. The minimum Gasteiger partial charge on any atom is -0.367 e. The van der Waals surface area contributed by atoms with Crippen LogP contribution in [0.15, 0.2) is 48.8 Å². The van der Waals surface area contributed by atoms with E-state index in [1.54, 1.807) is 13.1 Å². The van der Waals surface area contributed by atoms with Gasteiger partial charge in [0.25, 0.3) is 0 Å². The number of piperazine rings is 1. The first-order chi connectivity index (χ1) is 11.6. The maximum Gasteiger partial charge on any atom is 0.220 e. The third kappa shape index (κ3) is 3.42. The smallest absolute Gasteiger partial charge is 0.220 e. The molecule has 0 spiro atoms. The van der Waals surface area contributed by atoms with Crippen LogP contribution < -0.4 is 4.90 Å². The van der Waals surface area contributed by atoms with Crippen molar-refractivity contribution in [3.05, 3.63) is 59.9 Å². The molecule has 4 nitrogen and oxygen atoms in total. The van der Waals surface area contributed by atoms with Crippen LogP contribution in [0.3, 0.4) is 0 Å². The lowest BCUT2D eigenvalue weighted by atomic mass is 10.0. The summed E-state index contributed by atoms with van der Waals surface area (Å²) in [7, 11) is 0. The first-order valence-corrected chi connectivity index (χ1v) is 8.58. The lowest BCUT2D eigenvalue weighted by Gasteiger charge is -2.42. The van der Waals surface area contributed by atoms with Crippen LogP contribution in [-0.2, 0) is 4.79 Å². The van der Waals surface area contributed by atoms with Crippen LogP contribution in [-0.4, -0.2) is 35.4 Å². The lowest BCUT2D eigenvalue weighted by Crippen LogP contribution is -2.50. The fourth-order valence-electron chi connectivity index (χ4n) is 3.33. The molecule has 2 heterocycles. The number of benzene rings is 1. The highest BCUT2D eigenvalue weighted by molar-refractivity contribution is 5.74. The van der Waals surface area contributed by atoms with Gasteiger partial charge in [0.05, 0.1) is 6.04 Å². The molecule has 1 fully saturated rings. The second-order valence-corrected chi connectivity index (χ2v) is 6.71. The number of hydrogen-bond acceptors (Lipinski definition) is 3. The Balaban J connectivity index is 1.88. The molecule has 0 bridgehead atoms. The molecule has 126 valence electrons. The molecule has 0 aliphatic carbocycles. The van der Waals surface area contributed by atoms with Crippen molar-refractivity contribution < 1.29 is 4.79 Å². The summed E-state index contributed by atoms with van der Waals surface area (Å²) in [6, 6.07) is 12.8. The Morgan fingerprint density at radius 1 is 1.21 bits per heavy atom. The van der Waals surface area contributed by atoms with E-state index in [2.05, 4.69) is 54.1 Å². The van der Waals surface area contributed by atoms with E-state index in [1.807, 2.05) is 17.2 Å². The fourth-order valence-corrected chi connectivity index (χ4v) is 3.33. The SMILES string of the molecule is CC(=O)N1CCN(c2cccc(C(C)C)c2)CC1c1cccnc1. The molecule has 1 unspecified atom stereocenters. The summed E-state index contributed by atoms with van der Waals surface area (Å²) in [5, 5.41) is 0. The topological polar surface area (TPSA) is 36.4 Å². The van der Waals surface area contributed by atoms with Gasteiger partial charge in [-0.2, -0.15) is 0 Å². The third-order valence-electron chi connectivity index (χ3n) is 4.76. The molecule has 1 aliphatic rings. The molecule has 24 heavy (non-hydrogen) atoms. The number of nitrogens with zero attached hydrogens (tertiary/aromatic N) is 3. The van der Waals surface area contributed by atoms with Crippen LogP contribution in [0.5, 0.6) is 0 Å². The summed E-state index contributed by atoms with van der Waals surface area (Å²) < 4.78 is 0. The first-order valence-electron chi connectivity index (χ1n) is 8.58. The summed E-state index contributed by atoms with van der Waals surface area (Å²) in [5.41, 5.74) is 3.68. The van der Waals surface area contributed by atoms with Crippen molar-refractivity contribution >= 4 is 11.6 Å². The summed E-state index contributed by atoms with van der Waals surface area (Å²) in [5.74, 6) is 0.636. The van der Waals surface area contributed by atoms with Gasteiger partial charge in [0.15, 0.2) is 0 Å². The van der Waals surface area contributed by atoms with E-state index in [0.717, 1.165) is 25.2 Å². The summed E-state index contributed by atoms with van der Waals surface area (Å²) in [4.78, 5) is 20.6. The molecule has 0 N–H and O–H groups in total. The Labute approximate surface area is 144 Å². The van der Waals surface area contributed by atoms with Gasteiger partial charge in [-0.15, -0.1) is 0 Å². The van der Waals surface area contributed by atoms with Gasteiger partial charge in [-0.3, -0.25) is 9.78 Å². The predicted octanol–water partition coefficient (Wildman–Crippen LogP) is 3.61. The van der Waals surface area contributed by atoms with Crippen molar-refractivity contribution in [2.75, 3.05) is 24.5 Å². The van der Waals surface area contributed by atoms with Crippen molar-refractivity contribution in [3.8, 4) is 0 Å². The molecule has 0 radical (unpaired) electrons. The Bertz CT molecular complexity index is 699. The van der Waals surface area contributed by atoms with E-state index in [4.69, 9.17) is 0 Å². The number of aromatic nitrogens is 1. The number of carbonyl (C=O) groups is 1. The van der Waals surface area contributed by atoms with Gasteiger partial charge in [-0.1, -0.05) is 32.0 Å². The number of amides is 1. The Kier molecular flexibility index (Phi) is 4.84. The minimum atomic E-state index is 0.0488. The molecular weight excluding hydrogens is 298 g/mol. The van der Waals surface area contributed by atoms with Gasteiger partial charge >= 0.3 is 0 Å². The van der Waals surface area contributed by atoms with E-state index in [-0.39, 0.29) is 11.9 Å². The summed E-state index contributed by atoms with van der Waals surface area (Å²) >= 11 is 0. The van der Waals surface area contributed by atoms with Crippen LogP contribution in [0.2, 0.25) is 0 Å². The van der Waals surface area contributed by atoms with Crippen LogP contribution in [0.4, 0.5) is 5.69 Å². The third-order valence-corrected chi connectivity index (χ3v) is 4.76. The van der Waals surface area contributed by atoms with Gasteiger partial charge in [0, 0.05) is 44.6 Å². The van der Waals surface area contributed by atoms with Gasteiger partial charge in [-0.25, -0.2) is 0 Å². The van der Waals surface area contributed by atoms with E-state index < -0.39 is 0 Å². The molecule has 1 atom stereocenters. The maximum absolute atomic E-state index is 12.1. The average Bonchev–Trinajstić information content (AvgIpc) is 2.62. The van der Waals surface area contributed by atoms with E-state index in [0.29, 0.717) is 5.92 Å². The molecular formula is C20H25N3O. The zero-order valence-corrected chi connectivity index (χ0v) is 14.6. The van der Waals surface area contributed by atoms with Crippen molar-refractivity contribution in [3.63, 3.8) is 0 Å². The van der Waals surface area contributed by atoms with Crippen LogP contribution in [0.1, 0.15) is 43.9 Å². The number of rotatable bonds is 3. The van der Waals surface area contributed by atoms with Crippen molar-refractivity contribution in [1.29, 1.82) is 0 Å². The maximum atomic E-state index is 12.1. The summed E-state index contributed by atoms with van der Waals surface area (Å²) in [6.07, 6.45) is 3.64. The molecule has 4 heteroatoms. The van der Waals surface area contributed by atoms with E-state index >= 15 is 0 Å². The van der Waals surface area contributed by atoms with E-state index in [9.17, 15) is 4.79 Å². The number of carbonyl (C=O) groups excluding carboxylic acids is 1. The van der Waals surface area contributed by atoms with Crippen molar-refractivity contribution in [1.82, 2.24) is 9.88 Å². The highest BCUT2D eigenvalue weighted by Crippen LogP contribution is 2.29. The lowest BCUT2D eigenvalue weighted by molar-refractivity contribution is -0.131. The van der Waals surface area contributed by atoms with Crippen LogP contribution in [0, 0.1) is 0 Å². The zero-order valence-electron chi connectivity index (χ0n) is 14.6. The number of anilines is 1. The second kappa shape index (κ2) is 7.04. The van der Waals surface area contributed by atoms with Gasteiger partial charge in [0.2, 0.25) is 5.91 Å². The first kappa shape index (κ1) is 16.5. The normalized spacial score (nSPS) is 18.1. The molecule has 3 rings (SSSR count). The van der Waals surface area contributed by atoms with Crippen LogP contribution in [0.25, 0.3) is 0 Å². The quantitative estimate of drug-likeness (QED) is 0.866. The highest BCUT2D eigenvalue weighted by atomic mass is 16.2. The second-order valence-electron chi connectivity index (χ2n) is 6.71. The number of hydrogen-bond donors (Lipinski definition) is 0. The zero-order chi connectivity index (χ0) is 17.1. The summed E-state index contributed by atoms with van der Waals surface area (Å²) in [6.45, 7) is 8.47. The van der Waals surface area contributed by atoms with E-state index in [1.165, 1.54) is 11.3 Å². The van der Waals surface area contributed by atoms with Gasteiger partial charge in [-0.05, 0) is 35.2 Å². The Morgan fingerprint density at radius 3 is 2.71 bits per heavy atom. The van der Waals surface area contributed by atoms with Gasteiger partial charge in [0.1, 0.15) is 0 Å². The molecule has 1 aromatic heterocycles. The Hall–Kier alpha value is -2.36. The minimum absolute atomic E-state index is 0.0488. The van der Waals surface area contributed by atoms with Gasteiger partial charge < -0.3 is 9.80 Å². The molecule has 1 amide bonds. The predicted molar refractivity (Wildman–Crippen MR) is 97.1 cm³/mol. The standard InChI is InChI=1S/C20H25N3O/c1-15(2)17-6-4-8-19(12-17)22-10-11-23(16(3)24)20(14-22)18-7-5-9-21-13-18/h4-9,12-13,15,20H,10-11,14H2,1-3H3. The largest absolute Gasteiger partial charge is 0.367 e. The molecule has 1 aliphatic heterocycles. The average molecular weight is 323 g/mol. The molecule has 1 saturated heterocycles. The monoisotopic (exact) mass is 323 g/mol.